The van der Waals surface area contributed by atoms with Crippen LogP contribution >= 0.6 is 0 Å². The number of carbonyl (C=O) groups excluding carboxylic acids is 5. The van der Waals surface area contributed by atoms with Crippen molar-refractivity contribution in [3.63, 3.8) is 0 Å². The lowest BCUT2D eigenvalue weighted by Crippen LogP contribution is -2.54. The number of fused-ring (bicyclic) bond motifs is 4. The van der Waals surface area contributed by atoms with Gasteiger partial charge in [0.15, 0.2) is 0 Å². The minimum Gasteiger partial charge on any atom is -0.449 e. The van der Waals surface area contributed by atoms with Gasteiger partial charge in [-0.15, -0.1) is 0 Å². The first kappa shape index (κ1) is 37.6. The Balaban J connectivity index is 0.740. The predicted octanol–water partition coefficient (Wildman–Crippen LogP) is 3.49. The number of anilines is 1. The number of hydrogen-bond donors (Lipinski definition) is 3. The van der Waals surface area contributed by atoms with Crippen molar-refractivity contribution in [2.24, 2.45) is 0 Å². The van der Waals surface area contributed by atoms with Crippen LogP contribution in [0.4, 0.5) is 10.5 Å². The van der Waals surface area contributed by atoms with Gasteiger partial charge in [0.2, 0.25) is 11.8 Å². The molecule has 1 aliphatic carbocycles. The van der Waals surface area contributed by atoms with Crippen molar-refractivity contribution >= 4 is 35.4 Å². The fourth-order valence-corrected chi connectivity index (χ4v) is 6.70. The summed E-state index contributed by atoms with van der Waals surface area (Å²) in [5.74, 6) is -2.15. The van der Waals surface area contributed by atoms with Crippen molar-refractivity contribution < 1.29 is 47.7 Å². The normalized spacial score (nSPS) is 16.3. The highest BCUT2D eigenvalue weighted by molar-refractivity contribution is 6.25. The molecule has 6 rings (SSSR count). The fourth-order valence-electron chi connectivity index (χ4n) is 6.70. The van der Waals surface area contributed by atoms with Crippen LogP contribution in [0.5, 0.6) is 0 Å². The molecule has 53 heavy (non-hydrogen) atoms. The second-order valence-corrected chi connectivity index (χ2v) is 12.7. The van der Waals surface area contributed by atoms with E-state index in [4.69, 9.17) is 23.7 Å². The van der Waals surface area contributed by atoms with Crippen LogP contribution in [0.25, 0.3) is 11.1 Å². The third-order valence-electron chi connectivity index (χ3n) is 9.22. The van der Waals surface area contributed by atoms with E-state index >= 15 is 0 Å². The summed E-state index contributed by atoms with van der Waals surface area (Å²) in [6.45, 7) is 4.34. The topological polar surface area (TPSA) is 171 Å². The number of amides is 5. The van der Waals surface area contributed by atoms with Gasteiger partial charge in [-0.3, -0.25) is 29.4 Å². The molecule has 0 spiro atoms. The zero-order valence-electron chi connectivity index (χ0n) is 29.4. The van der Waals surface area contributed by atoms with Gasteiger partial charge in [0.25, 0.3) is 11.8 Å². The second kappa shape index (κ2) is 18.6. The van der Waals surface area contributed by atoms with E-state index in [9.17, 15) is 24.0 Å². The molecular weight excluding hydrogens is 684 g/mol. The minimum absolute atomic E-state index is 0.0282. The van der Waals surface area contributed by atoms with Crippen molar-refractivity contribution in [1.82, 2.24) is 15.5 Å². The number of ether oxygens (including phenoxy) is 5. The summed E-state index contributed by atoms with van der Waals surface area (Å²) < 4.78 is 27.8. The Kier molecular flexibility index (Phi) is 13.2. The van der Waals surface area contributed by atoms with Crippen LogP contribution in [0.3, 0.4) is 0 Å². The molecule has 1 unspecified atom stereocenters. The van der Waals surface area contributed by atoms with Crippen LogP contribution in [0.15, 0.2) is 66.7 Å². The molecule has 5 amide bonds. The molecule has 0 aromatic heterocycles. The van der Waals surface area contributed by atoms with Crippen LogP contribution in [0.2, 0.25) is 0 Å². The summed E-state index contributed by atoms with van der Waals surface area (Å²) in [6.07, 6.45) is 0.375. The first-order chi connectivity index (χ1) is 25.9. The molecule has 3 aliphatic rings. The lowest BCUT2D eigenvalue weighted by atomic mass is 9.98. The molecule has 1 fully saturated rings. The van der Waals surface area contributed by atoms with E-state index in [-0.39, 0.29) is 36.5 Å². The average molecular weight is 729 g/mol. The highest BCUT2D eigenvalue weighted by Crippen LogP contribution is 2.44. The number of nitrogens with one attached hydrogen (secondary N) is 3. The van der Waals surface area contributed by atoms with Crippen molar-refractivity contribution in [1.29, 1.82) is 0 Å². The Morgan fingerprint density at radius 3 is 1.96 bits per heavy atom. The SMILES string of the molecule is O=C1CCC(N2C(=O)c3cccc(NCCOCCOCCOCCOCCCNC(=O)OCC4c5ccccc5-c5ccccc54)c3C2=O)C(=O)N1. The molecule has 1 saturated heterocycles. The summed E-state index contributed by atoms with van der Waals surface area (Å²) in [4.78, 5) is 63.2. The Morgan fingerprint density at radius 2 is 1.30 bits per heavy atom. The van der Waals surface area contributed by atoms with Gasteiger partial charge >= 0.3 is 6.09 Å². The Hall–Kier alpha value is -5.15. The second-order valence-electron chi connectivity index (χ2n) is 12.7. The first-order valence-electron chi connectivity index (χ1n) is 17.9. The van der Waals surface area contributed by atoms with Crippen LogP contribution < -0.4 is 16.0 Å². The summed E-state index contributed by atoms with van der Waals surface area (Å²) >= 11 is 0. The van der Waals surface area contributed by atoms with Gasteiger partial charge < -0.3 is 34.3 Å². The van der Waals surface area contributed by atoms with E-state index in [1.54, 1.807) is 18.2 Å². The van der Waals surface area contributed by atoms with Crippen molar-refractivity contribution in [3.8, 4) is 11.1 Å². The van der Waals surface area contributed by atoms with Crippen LogP contribution in [0.1, 0.15) is 57.0 Å². The number of nitrogens with zero attached hydrogens (tertiary/aromatic N) is 1. The average Bonchev–Trinajstić information content (AvgIpc) is 3.62. The Bertz CT molecular complexity index is 1750. The highest BCUT2D eigenvalue weighted by Gasteiger charge is 2.45. The van der Waals surface area contributed by atoms with Crippen molar-refractivity contribution in [2.75, 3.05) is 77.9 Å². The van der Waals surface area contributed by atoms with Crippen molar-refractivity contribution in [2.45, 2.75) is 31.2 Å². The monoisotopic (exact) mass is 728 g/mol. The van der Waals surface area contributed by atoms with E-state index in [1.807, 2.05) is 24.3 Å². The quantitative estimate of drug-likeness (QED) is 0.115. The van der Waals surface area contributed by atoms with Gasteiger partial charge in [-0.05, 0) is 47.2 Å². The molecule has 2 aliphatic heterocycles. The van der Waals surface area contributed by atoms with Gasteiger partial charge in [-0.2, -0.15) is 0 Å². The van der Waals surface area contributed by atoms with E-state index in [2.05, 4.69) is 40.2 Å². The van der Waals surface area contributed by atoms with Gasteiger partial charge in [0.05, 0.1) is 57.4 Å². The van der Waals surface area contributed by atoms with E-state index in [0.29, 0.717) is 78.1 Å². The summed E-state index contributed by atoms with van der Waals surface area (Å²) in [7, 11) is 0. The molecule has 0 radical (unpaired) electrons. The summed E-state index contributed by atoms with van der Waals surface area (Å²) in [5.41, 5.74) is 5.64. The number of alkyl carbamates (subject to hydrolysis) is 1. The molecule has 2 heterocycles. The Morgan fingerprint density at radius 1 is 0.698 bits per heavy atom. The minimum atomic E-state index is -1.01. The number of imide groups is 2. The van der Waals surface area contributed by atoms with E-state index in [0.717, 1.165) is 4.90 Å². The van der Waals surface area contributed by atoms with Gasteiger partial charge in [0, 0.05) is 37.7 Å². The largest absolute Gasteiger partial charge is 0.449 e. The van der Waals surface area contributed by atoms with Crippen LogP contribution in [-0.4, -0.2) is 113 Å². The highest BCUT2D eigenvalue weighted by atomic mass is 16.6. The van der Waals surface area contributed by atoms with Crippen molar-refractivity contribution in [3.05, 3.63) is 89.0 Å². The number of piperidine rings is 1. The zero-order chi connectivity index (χ0) is 37.0. The smallest absolute Gasteiger partial charge is 0.407 e. The number of hydrogen-bond acceptors (Lipinski definition) is 11. The maximum Gasteiger partial charge on any atom is 0.407 e. The molecule has 280 valence electrons. The van der Waals surface area contributed by atoms with Gasteiger partial charge in [-0.1, -0.05) is 54.6 Å². The Labute approximate surface area is 307 Å². The molecule has 3 N–H and O–H groups in total. The lowest BCUT2D eigenvalue weighted by Gasteiger charge is -2.27. The molecule has 1 atom stereocenters. The molecular formula is C39H44N4O10. The summed E-state index contributed by atoms with van der Waals surface area (Å²) in [5, 5.41) is 8.12. The maximum absolute atomic E-state index is 13.2. The predicted molar refractivity (Wildman–Crippen MR) is 193 cm³/mol. The van der Waals surface area contributed by atoms with Gasteiger partial charge in [0.1, 0.15) is 12.6 Å². The lowest BCUT2D eigenvalue weighted by molar-refractivity contribution is -0.136. The summed E-state index contributed by atoms with van der Waals surface area (Å²) in [6, 6.07) is 20.4. The molecule has 0 saturated carbocycles. The zero-order valence-corrected chi connectivity index (χ0v) is 29.4. The number of carbonyl (C=O) groups is 5. The first-order valence-corrected chi connectivity index (χ1v) is 17.9. The van der Waals surface area contributed by atoms with Crippen LogP contribution in [0, 0.1) is 0 Å². The van der Waals surface area contributed by atoms with E-state index < -0.39 is 35.8 Å². The third kappa shape index (κ3) is 9.27. The van der Waals surface area contributed by atoms with E-state index in [1.165, 1.54) is 22.3 Å². The maximum atomic E-state index is 13.2. The van der Waals surface area contributed by atoms with Crippen LogP contribution in [-0.2, 0) is 33.3 Å². The number of benzene rings is 3. The molecule has 3 aromatic rings. The molecule has 3 aromatic carbocycles. The standard InChI is InChI=1S/C39H44N4O10/c44-34-14-13-33(36(45)42-34)43-37(46)30-11-5-12-32(35(30)38(43)47)40-16-18-50-20-22-52-24-23-51-21-19-49-17-6-15-41-39(48)53-25-31-28-9-3-1-7-26(28)27-8-2-4-10-29(27)31/h1-5,7-12,31,33,40H,6,13-25H2,(H,41,48)(H,42,44,45). The van der Waals surface area contributed by atoms with Gasteiger partial charge in [-0.25, -0.2) is 4.79 Å². The third-order valence-corrected chi connectivity index (χ3v) is 9.22. The molecule has 14 heteroatoms. The molecule has 14 nitrogen and oxygen atoms in total. The molecule has 0 bridgehead atoms. The number of rotatable bonds is 20. The fraction of sp³-hybridized carbons (Fsp3) is 0.410.